The Morgan fingerprint density at radius 1 is 1.15 bits per heavy atom. The molecule has 0 unspecified atom stereocenters. The van der Waals surface area contributed by atoms with Crippen molar-refractivity contribution in [2.24, 2.45) is 11.3 Å². The van der Waals surface area contributed by atoms with Crippen LogP contribution in [0.25, 0.3) is 0 Å². The zero-order chi connectivity index (χ0) is 14.5. The van der Waals surface area contributed by atoms with E-state index in [1.165, 1.54) is 32.1 Å². The Labute approximate surface area is 126 Å². The van der Waals surface area contributed by atoms with E-state index in [2.05, 4.69) is 0 Å². The summed E-state index contributed by atoms with van der Waals surface area (Å²) in [6.07, 6.45) is 7.83. The largest absolute Gasteiger partial charge is 0.381 e. The minimum absolute atomic E-state index is 0.00438. The van der Waals surface area contributed by atoms with E-state index in [1.54, 1.807) is 0 Å². The molecule has 0 aromatic rings. The van der Waals surface area contributed by atoms with Gasteiger partial charge >= 0.3 is 0 Å². The van der Waals surface area contributed by atoms with Crippen molar-refractivity contribution in [3.05, 3.63) is 0 Å². The lowest BCUT2D eigenvalue weighted by Gasteiger charge is -2.36. The van der Waals surface area contributed by atoms with Crippen LogP contribution in [0, 0.1) is 11.3 Å². The molecule has 6 heteroatoms. The topological polar surface area (TPSA) is 52.6 Å². The van der Waals surface area contributed by atoms with Gasteiger partial charge in [-0.15, -0.1) is 0 Å². The second-order valence-corrected chi connectivity index (χ2v) is 9.09. The van der Waals surface area contributed by atoms with Gasteiger partial charge in [0.05, 0.1) is 12.4 Å². The highest BCUT2D eigenvalue weighted by atomic mass is 35.7. The van der Waals surface area contributed by atoms with E-state index >= 15 is 0 Å². The van der Waals surface area contributed by atoms with Crippen molar-refractivity contribution in [1.82, 2.24) is 0 Å². The van der Waals surface area contributed by atoms with Crippen LogP contribution < -0.4 is 0 Å². The zero-order valence-electron chi connectivity index (χ0n) is 12.0. The molecule has 0 spiro atoms. The van der Waals surface area contributed by atoms with E-state index in [-0.39, 0.29) is 11.2 Å². The van der Waals surface area contributed by atoms with Crippen LogP contribution in [0.3, 0.4) is 0 Å². The third-order valence-electron chi connectivity index (χ3n) is 4.52. The lowest BCUT2D eigenvalue weighted by molar-refractivity contribution is -0.0371. The number of rotatable bonds is 6. The Morgan fingerprint density at radius 2 is 1.80 bits per heavy atom. The summed E-state index contributed by atoms with van der Waals surface area (Å²) in [5, 5.41) is 0. The van der Waals surface area contributed by atoms with Gasteiger partial charge in [0.1, 0.15) is 0 Å². The molecule has 0 amide bonds. The fourth-order valence-electron chi connectivity index (χ4n) is 3.30. The highest BCUT2D eigenvalue weighted by Gasteiger charge is 2.37. The number of hydrogen-bond acceptors (Lipinski definition) is 4. The van der Waals surface area contributed by atoms with Crippen LogP contribution in [0.15, 0.2) is 0 Å². The van der Waals surface area contributed by atoms with Crippen molar-refractivity contribution < 1.29 is 17.9 Å². The predicted octanol–water partition coefficient (Wildman–Crippen LogP) is 2.95. The van der Waals surface area contributed by atoms with E-state index < -0.39 is 9.05 Å². The van der Waals surface area contributed by atoms with Crippen LogP contribution in [0.4, 0.5) is 0 Å². The molecular formula is C14H25ClO4S. The van der Waals surface area contributed by atoms with Gasteiger partial charge in [-0.05, 0) is 31.6 Å². The highest BCUT2D eigenvalue weighted by Crippen LogP contribution is 2.34. The molecule has 2 rings (SSSR count). The van der Waals surface area contributed by atoms with E-state index in [9.17, 15) is 8.42 Å². The Balaban J connectivity index is 1.83. The summed E-state index contributed by atoms with van der Waals surface area (Å²) < 4.78 is 34.1. The first-order valence-corrected chi connectivity index (χ1v) is 10.0. The van der Waals surface area contributed by atoms with Gasteiger partial charge in [0.25, 0.3) is 0 Å². The van der Waals surface area contributed by atoms with Crippen molar-refractivity contribution in [3.63, 3.8) is 0 Å². The van der Waals surface area contributed by atoms with E-state index in [4.69, 9.17) is 20.2 Å². The molecule has 118 valence electrons. The lowest BCUT2D eigenvalue weighted by atomic mass is 9.83. The van der Waals surface area contributed by atoms with Gasteiger partial charge in [-0.1, -0.05) is 19.3 Å². The number of hydrogen-bond donors (Lipinski definition) is 0. The van der Waals surface area contributed by atoms with E-state index in [1.807, 2.05) is 0 Å². The van der Waals surface area contributed by atoms with Crippen LogP contribution >= 0.6 is 10.7 Å². The third kappa shape index (κ3) is 5.51. The fraction of sp³-hybridized carbons (Fsp3) is 1.00. The molecule has 1 heterocycles. The minimum Gasteiger partial charge on any atom is -0.381 e. The normalized spacial score (nSPS) is 24.6. The molecule has 2 aliphatic rings. The molecule has 0 atom stereocenters. The molecule has 0 aromatic heterocycles. The predicted molar refractivity (Wildman–Crippen MR) is 79.5 cm³/mol. The van der Waals surface area contributed by atoms with Gasteiger partial charge < -0.3 is 9.47 Å². The monoisotopic (exact) mass is 324 g/mol. The standard InChI is InChI=1S/C14H25ClO4S/c15-20(16,17)12-14(6-8-18-9-7-14)11-19-10-13-4-2-1-3-5-13/h13H,1-12H2. The summed E-state index contributed by atoms with van der Waals surface area (Å²) in [5.41, 5.74) is -0.354. The molecule has 2 fully saturated rings. The van der Waals surface area contributed by atoms with Crippen molar-refractivity contribution >= 4 is 19.7 Å². The molecule has 1 saturated heterocycles. The maximum absolute atomic E-state index is 11.4. The van der Waals surface area contributed by atoms with Gasteiger partial charge in [0, 0.05) is 35.9 Å². The Bertz CT molecular complexity index is 384. The third-order valence-corrected chi connectivity index (χ3v) is 5.80. The van der Waals surface area contributed by atoms with Gasteiger partial charge in [0.15, 0.2) is 0 Å². The molecule has 0 aromatic carbocycles. The van der Waals surface area contributed by atoms with Crippen molar-refractivity contribution in [2.75, 3.05) is 32.2 Å². The minimum atomic E-state index is -3.50. The summed E-state index contributed by atoms with van der Waals surface area (Å²) in [4.78, 5) is 0. The van der Waals surface area contributed by atoms with Gasteiger partial charge in [0.2, 0.25) is 9.05 Å². The SMILES string of the molecule is O=S(=O)(Cl)CC1(COCC2CCCCC2)CCOCC1. The maximum atomic E-state index is 11.4. The van der Waals surface area contributed by atoms with Crippen LogP contribution in [-0.4, -0.2) is 40.6 Å². The van der Waals surface area contributed by atoms with Gasteiger partial charge in [-0.2, -0.15) is 0 Å². The molecule has 20 heavy (non-hydrogen) atoms. The van der Waals surface area contributed by atoms with Crippen molar-refractivity contribution in [3.8, 4) is 0 Å². The fourth-order valence-corrected chi connectivity index (χ4v) is 5.09. The highest BCUT2D eigenvalue weighted by molar-refractivity contribution is 8.13. The molecule has 0 N–H and O–H groups in total. The van der Waals surface area contributed by atoms with Crippen molar-refractivity contribution in [1.29, 1.82) is 0 Å². The van der Waals surface area contributed by atoms with Crippen LogP contribution in [0.1, 0.15) is 44.9 Å². The average molecular weight is 325 g/mol. The zero-order valence-corrected chi connectivity index (χ0v) is 13.6. The molecule has 0 bridgehead atoms. The van der Waals surface area contributed by atoms with Crippen LogP contribution in [0.5, 0.6) is 0 Å². The summed E-state index contributed by atoms with van der Waals surface area (Å²) >= 11 is 0. The van der Waals surface area contributed by atoms with Crippen LogP contribution in [0.2, 0.25) is 0 Å². The smallest absolute Gasteiger partial charge is 0.233 e. The summed E-state index contributed by atoms with van der Waals surface area (Å²) in [6.45, 7) is 2.43. The molecule has 1 aliphatic heterocycles. The Kier molecular flexibility index (Phi) is 6.14. The summed E-state index contributed by atoms with van der Waals surface area (Å²) in [7, 11) is 1.96. The second-order valence-electron chi connectivity index (χ2n) is 6.31. The van der Waals surface area contributed by atoms with E-state index in [0.717, 1.165) is 6.61 Å². The molecule has 0 radical (unpaired) electrons. The van der Waals surface area contributed by atoms with Gasteiger partial charge in [-0.3, -0.25) is 0 Å². The molecular weight excluding hydrogens is 300 g/mol. The van der Waals surface area contributed by atoms with Gasteiger partial charge in [-0.25, -0.2) is 8.42 Å². The van der Waals surface area contributed by atoms with E-state index in [0.29, 0.717) is 38.6 Å². The Hall–Kier alpha value is 0.160. The summed E-state index contributed by atoms with van der Waals surface area (Å²) in [6, 6.07) is 0. The molecule has 4 nitrogen and oxygen atoms in total. The van der Waals surface area contributed by atoms with Crippen molar-refractivity contribution in [2.45, 2.75) is 44.9 Å². The number of ether oxygens (including phenoxy) is 2. The first-order chi connectivity index (χ1) is 9.49. The molecule has 1 saturated carbocycles. The first kappa shape index (κ1) is 16.5. The lowest BCUT2D eigenvalue weighted by Crippen LogP contribution is -2.39. The number of halogens is 1. The maximum Gasteiger partial charge on any atom is 0.233 e. The quantitative estimate of drug-likeness (QED) is 0.705. The average Bonchev–Trinajstić information content (AvgIpc) is 2.39. The summed E-state index contributed by atoms with van der Waals surface area (Å²) in [5.74, 6) is 0.642. The second kappa shape index (κ2) is 7.43. The van der Waals surface area contributed by atoms with Crippen LogP contribution in [-0.2, 0) is 18.5 Å². The molecule has 1 aliphatic carbocycles. The Morgan fingerprint density at radius 3 is 2.40 bits per heavy atom. The first-order valence-electron chi connectivity index (χ1n) is 7.57.